The molecule has 9 heteroatoms. The fourth-order valence-electron chi connectivity index (χ4n) is 4.01. The minimum absolute atomic E-state index is 0.0321. The first-order valence-electron chi connectivity index (χ1n) is 10.5. The lowest BCUT2D eigenvalue weighted by Crippen LogP contribution is -2.40. The van der Waals surface area contributed by atoms with Gasteiger partial charge < -0.3 is 14.7 Å². The van der Waals surface area contributed by atoms with E-state index in [9.17, 15) is 23.1 Å². The molecule has 2 N–H and O–H groups in total. The summed E-state index contributed by atoms with van der Waals surface area (Å²) >= 11 is 0. The molecule has 0 bridgehead atoms. The second-order valence-corrected chi connectivity index (χ2v) is 9.60. The largest absolute Gasteiger partial charge is 0.478 e. The van der Waals surface area contributed by atoms with Crippen LogP contribution in [0.25, 0.3) is 0 Å². The molecule has 1 aliphatic rings. The number of esters is 1. The van der Waals surface area contributed by atoms with E-state index in [1.165, 1.54) is 18.2 Å². The lowest BCUT2D eigenvalue weighted by Gasteiger charge is -2.34. The predicted molar refractivity (Wildman–Crippen MR) is 122 cm³/mol. The Bertz CT molecular complexity index is 1130. The van der Waals surface area contributed by atoms with Crippen molar-refractivity contribution in [2.45, 2.75) is 38.5 Å². The maximum absolute atomic E-state index is 12.9. The summed E-state index contributed by atoms with van der Waals surface area (Å²) in [6.07, 6.45) is 1.41. The molecule has 0 unspecified atom stereocenters. The van der Waals surface area contributed by atoms with Gasteiger partial charge in [0, 0.05) is 18.8 Å². The molecular formula is C23H28N2O6S. The number of piperidine rings is 1. The van der Waals surface area contributed by atoms with Gasteiger partial charge in [0.25, 0.3) is 10.0 Å². The van der Waals surface area contributed by atoms with Crippen molar-refractivity contribution in [1.82, 2.24) is 0 Å². The smallest absolute Gasteiger partial charge is 0.337 e. The van der Waals surface area contributed by atoms with Gasteiger partial charge in [-0.25, -0.2) is 13.2 Å². The molecule has 8 nitrogen and oxygen atoms in total. The molecule has 2 aromatic carbocycles. The molecular weight excluding hydrogens is 432 g/mol. The van der Waals surface area contributed by atoms with Crippen LogP contribution >= 0.6 is 0 Å². The van der Waals surface area contributed by atoms with Crippen molar-refractivity contribution in [2.75, 3.05) is 29.3 Å². The third-order valence-electron chi connectivity index (χ3n) is 5.48. The quantitative estimate of drug-likeness (QED) is 0.607. The molecule has 0 aromatic heterocycles. The zero-order valence-electron chi connectivity index (χ0n) is 18.4. The minimum atomic E-state index is -3.88. The molecule has 0 amide bonds. The first-order valence-corrected chi connectivity index (χ1v) is 12.0. The van der Waals surface area contributed by atoms with Gasteiger partial charge in [0.05, 0.1) is 28.7 Å². The highest BCUT2D eigenvalue weighted by Gasteiger charge is 2.29. The summed E-state index contributed by atoms with van der Waals surface area (Å²) in [6.45, 7) is 6.59. The van der Waals surface area contributed by atoms with E-state index < -0.39 is 16.0 Å². The van der Waals surface area contributed by atoms with Gasteiger partial charge in [0.15, 0.2) is 0 Å². The summed E-state index contributed by atoms with van der Waals surface area (Å²) in [4.78, 5) is 26.1. The molecule has 1 fully saturated rings. The van der Waals surface area contributed by atoms with Crippen LogP contribution in [0.1, 0.15) is 41.3 Å². The maximum Gasteiger partial charge on any atom is 0.337 e. The molecule has 1 saturated heterocycles. The van der Waals surface area contributed by atoms with Gasteiger partial charge in [-0.3, -0.25) is 9.52 Å². The summed E-state index contributed by atoms with van der Waals surface area (Å²) in [5.74, 6) is -1.79. The Morgan fingerprint density at radius 1 is 1.19 bits per heavy atom. The Balaban J connectivity index is 1.88. The molecule has 0 saturated carbocycles. The van der Waals surface area contributed by atoms with E-state index in [1.54, 1.807) is 32.0 Å². The van der Waals surface area contributed by atoms with Crippen LogP contribution in [0.15, 0.2) is 41.3 Å². The van der Waals surface area contributed by atoms with Gasteiger partial charge in [-0.15, -0.1) is 0 Å². The van der Waals surface area contributed by atoms with Gasteiger partial charge in [-0.2, -0.15) is 0 Å². The second-order valence-electron chi connectivity index (χ2n) is 7.95. The number of carbonyl (C=O) groups excluding carboxylic acids is 1. The standard InChI is InChI=1S/C23H28N2O6S/c1-4-31-23(28)17-6-5-11-25(14-17)20-9-8-18(13-19(20)22(26)27)24-32(29,30)21-10-7-15(2)12-16(21)3/h7-10,12-13,17,24H,4-6,11,14H2,1-3H3,(H,26,27)/t17-/m1/s1. The number of nitrogens with zero attached hydrogens (tertiary/aromatic N) is 1. The molecule has 0 radical (unpaired) electrons. The average Bonchev–Trinajstić information content (AvgIpc) is 2.73. The summed E-state index contributed by atoms with van der Waals surface area (Å²) in [7, 11) is -3.88. The number of hydrogen-bond acceptors (Lipinski definition) is 6. The number of ether oxygens (including phenoxy) is 1. The number of nitrogens with one attached hydrogen (secondary N) is 1. The number of sulfonamides is 1. The topological polar surface area (TPSA) is 113 Å². The van der Waals surface area contributed by atoms with Crippen molar-refractivity contribution in [3.63, 3.8) is 0 Å². The second kappa shape index (κ2) is 9.60. The van der Waals surface area contributed by atoms with Crippen LogP contribution in [-0.2, 0) is 19.6 Å². The molecule has 3 rings (SSSR count). The molecule has 2 aromatic rings. The van der Waals surface area contributed by atoms with Gasteiger partial charge in [-0.05, 0) is 63.4 Å². The number of hydrogen-bond donors (Lipinski definition) is 2. The fourth-order valence-corrected chi connectivity index (χ4v) is 5.28. The Morgan fingerprint density at radius 3 is 2.59 bits per heavy atom. The van der Waals surface area contributed by atoms with Gasteiger partial charge in [0.1, 0.15) is 0 Å². The third-order valence-corrected chi connectivity index (χ3v) is 7.02. The van der Waals surface area contributed by atoms with Crippen LogP contribution in [-0.4, -0.2) is 45.2 Å². The number of carbonyl (C=O) groups is 2. The molecule has 1 heterocycles. The van der Waals surface area contributed by atoms with Gasteiger partial charge in [0.2, 0.25) is 0 Å². The summed E-state index contributed by atoms with van der Waals surface area (Å²) in [5, 5.41) is 9.77. The summed E-state index contributed by atoms with van der Waals surface area (Å²) < 4.78 is 33.3. The predicted octanol–water partition coefficient (Wildman–Crippen LogP) is 3.58. The fraction of sp³-hybridized carbons (Fsp3) is 0.391. The average molecular weight is 461 g/mol. The number of carboxylic acids is 1. The number of rotatable bonds is 7. The number of anilines is 2. The Kier molecular flexibility index (Phi) is 7.08. The van der Waals surface area contributed by atoms with Crippen molar-refractivity contribution in [3.8, 4) is 0 Å². The first kappa shape index (κ1) is 23.6. The van der Waals surface area contributed by atoms with E-state index in [0.29, 0.717) is 37.4 Å². The molecule has 0 spiro atoms. The Hall–Kier alpha value is -3.07. The van der Waals surface area contributed by atoms with Gasteiger partial charge in [-0.1, -0.05) is 17.7 Å². The highest BCUT2D eigenvalue weighted by molar-refractivity contribution is 7.92. The van der Waals surface area contributed by atoms with Crippen LogP contribution < -0.4 is 9.62 Å². The number of carboxylic acid groups (broad SMARTS) is 1. The van der Waals surface area contributed by atoms with E-state index in [4.69, 9.17) is 4.74 Å². The lowest BCUT2D eigenvalue weighted by molar-refractivity contribution is -0.148. The highest BCUT2D eigenvalue weighted by Crippen LogP contribution is 2.30. The van der Waals surface area contributed by atoms with Crippen LogP contribution in [0.4, 0.5) is 11.4 Å². The van der Waals surface area contributed by atoms with E-state index in [2.05, 4.69) is 4.72 Å². The van der Waals surface area contributed by atoms with E-state index in [1.807, 2.05) is 11.8 Å². The third kappa shape index (κ3) is 5.21. The maximum atomic E-state index is 12.9. The number of benzene rings is 2. The van der Waals surface area contributed by atoms with E-state index in [0.717, 1.165) is 12.0 Å². The van der Waals surface area contributed by atoms with E-state index >= 15 is 0 Å². The zero-order chi connectivity index (χ0) is 23.5. The summed E-state index contributed by atoms with van der Waals surface area (Å²) in [5.41, 5.74) is 2.12. The van der Waals surface area contributed by atoms with Crippen molar-refractivity contribution in [2.24, 2.45) is 5.92 Å². The van der Waals surface area contributed by atoms with Crippen molar-refractivity contribution < 1.29 is 27.9 Å². The molecule has 1 atom stereocenters. The van der Waals surface area contributed by atoms with Crippen LogP contribution in [0, 0.1) is 19.8 Å². The minimum Gasteiger partial charge on any atom is -0.478 e. The van der Waals surface area contributed by atoms with Gasteiger partial charge >= 0.3 is 11.9 Å². The number of aryl methyl sites for hydroxylation is 2. The zero-order valence-corrected chi connectivity index (χ0v) is 19.2. The molecule has 1 aliphatic heterocycles. The molecule has 172 valence electrons. The summed E-state index contributed by atoms with van der Waals surface area (Å²) in [6, 6.07) is 9.45. The van der Waals surface area contributed by atoms with Crippen LogP contribution in [0.2, 0.25) is 0 Å². The van der Waals surface area contributed by atoms with Crippen molar-refractivity contribution >= 4 is 33.3 Å². The lowest BCUT2D eigenvalue weighted by atomic mass is 9.97. The highest BCUT2D eigenvalue weighted by atomic mass is 32.2. The number of aromatic carboxylic acids is 1. The SMILES string of the molecule is CCOC(=O)[C@@H]1CCCN(c2ccc(NS(=O)(=O)c3ccc(C)cc3C)cc2C(=O)O)C1. The van der Waals surface area contributed by atoms with Crippen molar-refractivity contribution in [3.05, 3.63) is 53.1 Å². The molecule has 0 aliphatic carbocycles. The first-order chi connectivity index (χ1) is 15.1. The Labute approximate surface area is 188 Å². The van der Waals surface area contributed by atoms with Crippen molar-refractivity contribution in [1.29, 1.82) is 0 Å². The van der Waals surface area contributed by atoms with E-state index in [-0.39, 0.29) is 28.0 Å². The normalized spacial score (nSPS) is 16.5. The Morgan fingerprint density at radius 2 is 1.94 bits per heavy atom. The monoisotopic (exact) mass is 460 g/mol. The molecule has 32 heavy (non-hydrogen) atoms. The van der Waals surface area contributed by atoms with Crippen LogP contribution in [0.5, 0.6) is 0 Å². The van der Waals surface area contributed by atoms with Crippen LogP contribution in [0.3, 0.4) is 0 Å².